The molecule has 1 fully saturated rings. The lowest BCUT2D eigenvalue weighted by molar-refractivity contribution is -0.121. The number of aryl methyl sites for hydroxylation is 2. The number of likely N-dealkylation sites (N-methyl/N-ethyl adjacent to an activating group) is 1. The summed E-state index contributed by atoms with van der Waals surface area (Å²) >= 11 is 1.54. The maximum absolute atomic E-state index is 12.3. The summed E-state index contributed by atoms with van der Waals surface area (Å²) in [5.74, 6) is 0.0451. The molecule has 20 heavy (non-hydrogen) atoms. The Morgan fingerprint density at radius 3 is 2.50 bits per heavy atom. The second kappa shape index (κ2) is 6.65. The van der Waals surface area contributed by atoms with Crippen LogP contribution in [0.4, 0.5) is 5.13 Å². The first-order valence-electron chi connectivity index (χ1n) is 7.22. The van der Waals surface area contributed by atoms with E-state index in [0.29, 0.717) is 5.13 Å². The van der Waals surface area contributed by atoms with Gasteiger partial charge in [-0.3, -0.25) is 9.69 Å². The van der Waals surface area contributed by atoms with E-state index in [1.807, 2.05) is 20.8 Å². The number of nitrogens with zero attached hydrogens (tertiary/aromatic N) is 3. The van der Waals surface area contributed by atoms with Crippen LogP contribution in [0.5, 0.6) is 0 Å². The van der Waals surface area contributed by atoms with Gasteiger partial charge in [0.1, 0.15) is 0 Å². The van der Waals surface area contributed by atoms with Crippen LogP contribution in [0.25, 0.3) is 0 Å². The Morgan fingerprint density at radius 1 is 1.35 bits per heavy atom. The third-order valence-electron chi connectivity index (χ3n) is 4.04. The number of rotatable bonds is 4. The van der Waals surface area contributed by atoms with Crippen molar-refractivity contribution in [2.24, 2.45) is 0 Å². The molecule has 6 heteroatoms. The van der Waals surface area contributed by atoms with Gasteiger partial charge in [0, 0.05) is 31.1 Å². The first-order chi connectivity index (χ1) is 9.51. The van der Waals surface area contributed by atoms with Crippen molar-refractivity contribution in [1.29, 1.82) is 0 Å². The highest BCUT2D eigenvalue weighted by Crippen LogP contribution is 2.21. The SMILES string of the molecule is CCN1CCN(C(C)C(=O)Nc2nc(C)c(C)s2)CC1. The van der Waals surface area contributed by atoms with Crippen LogP contribution in [0.1, 0.15) is 24.4 Å². The van der Waals surface area contributed by atoms with Crippen LogP contribution in [-0.4, -0.2) is 59.5 Å². The van der Waals surface area contributed by atoms with Gasteiger partial charge in [-0.25, -0.2) is 4.98 Å². The van der Waals surface area contributed by atoms with Crippen molar-refractivity contribution in [3.8, 4) is 0 Å². The summed E-state index contributed by atoms with van der Waals surface area (Å²) in [6, 6.07) is -0.0986. The van der Waals surface area contributed by atoms with Crippen LogP contribution in [-0.2, 0) is 4.79 Å². The number of carbonyl (C=O) groups excluding carboxylic acids is 1. The summed E-state index contributed by atoms with van der Waals surface area (Å²) in [6.45, 7) is 13.2. The minimum absolute atomic E-state index is 0.0451. The third-order valence-corrected chi connectivity index (χ3v) is 5.03. The molecule has 1 N–H and O–H groups in total. The number of nitrogens with one attached hydrogen (secondary N) is 1. The highest BCUT2D eigenvalue weighted by Gasteiger charge is 2.25. The quantitative estimate of drug-likeness (QED) is 0.919. The molecule has 1 atom stereocenters. The summed E-state index contributed by atoms with van der Waals surface area (Å²) in [6.07, 6.45) is 0. The van der Waals surface area contributed by atoms with Gasteiger partial charge < -0.3 is 10.2 Å². The molecular weight excluding hydrogens is 272 g/mol. The number of carbonyl (C=O) groups is 1. The van der Waals surface area contributed by atoms with E-state index in [2.05, 4.69) is 27.0 Å². The van der Waals surface area contributed by atoms with Gasteiger partial charge in [0.25, 0.3) is 0 Å². The molecule has 0 aromatic carbocycles. The maximum atomic E-state index is 12.3. The molecule has 1 aromatic rings. The van der Waals surface area contributed by atoms with Gasteiger partial charge in [-0.05, 0) is 27.3 Å². The van der Waals surface area contributed by atoms with Crippen molar-refractivity contribution < 1.29 is 4.79 Å². The number of amides is 1. The van der Waals surface area contributed by atoms with Crippen LogP contribution >= 0.6 is 11.3 Å². The van der Waals surface area contributed by atoms with E-state index in [4.69, 9.17) is 0 Å². The van der Waals surface area contributed by atoms with Gasteiger partial charge in [-0.1, -0.05) is 6.92 Å². The minimum atomic E-state index is -0.0986. The molecule has 0 bridgehead atoms. The third kappa shape index (κ3) is 3.56. The number of hydrogen-bond acceptors (Lipinski definition) is 5. The highest BCUT2D eigenvalue weighted by molar-refractivity contribution is 7.15. The maximum Gasteiger partial charge on any atom is 0.243 e. The first-order valence-corrected chi connectivity index (χ1v) is 8.04. The average Bonchev–Trinajstić information content (AvgIpc) is 2.76. The fourth-order valence-corrected chi connectivity index (χ4v) is 3.19. The van der Waals surface area contributed by atoms with Crippen molar-refractivity contribution in [2.75, 3.05) is 38.0 Å². The van der Waals surface area contributed by atoms with Crippen molar-refractivity contribution >= 4 is 22.4 Å². The smallest absolute Gasteiger partial charge is 0.243 e. The molecule has 2 heterocycles. The van der Waals surface area contributed by atoms with E-state index in [1.165, 1.54) is 0 Å². The Labute approximate surface area is 125 Å². The Kier molecular flexibility index (Phi) is 5.12. The summed E-state index contributed by atoms with van der Waals surface area (Å²) < 4.78 is 0. The summed E-state index contributed by atoms with van der Waals surface area (Å²) in [4.78, 5) is 22.5. The van der Waals surface area contributed by atoms with E-state index in [-0.39, 0.29) is 11.9 Å². The fraction of sp³-hybridized carbons (Fsp3) is 0.714. The van der Waals surface area contributed by atoms with E-state index < -0.39 is 0 Å². The second-order valence-electron chi connectivity index (χ2n) is 5.30. The molecule has 1 aliphatic heterocycles. The minimum Gasteiger partial charge on any atom is -0.301 e. The Morgan fingerprint density at radius 2 is 2.00 bits per heavy atom. The standard InChI is InChI=1S/C14H24N4OS/c1-5-17-6-8-18(9-7-17)11(3)13(19)16-14-15-10(2)12(4)20-14/h11H,5-9H2,1-4H3,(H,15,16,19). The van der Waals surface area contributed by atoms with Crippen molar-refractivity contribution in [3.05, 3.63) is 10.6 Å². The summed E-state index contributed by atoms with van der Waals surface area (Å²) in [5.41, 5.74) is 0.995. The average molecular weight is 296 g/mol. The largest absolute Gasteiger partial charge is 0.301 e. The van der Waals surface area contributed by atoms with E-state index >= 15 is 0 Å². The summed E-state index contributed by atoms with van der Waals surface area (Å²) in [7, 11) is 0. The van der Waals surface area contributed by atoms with Gasteiger partial charge in [-0.2, -0.15) is 0 Å². The van der Waals surface area contributed by atoms with Gasteiger partial charge in [0.05, 0.1) is 11.7 Å². The molecule has 2 rings (SSSR count). The number of hydrogen-bond donors (Lipinski definition) is 1. The molecule has 0 spiro atoms. The molecule has 112 valence electrons. The molecule has 1 amide bonds. The Bertz CT molecular complexity index is 446. The fourth-order valence-electron chi connectivity index (χ4n) is 2.37. The van der Waals surface area contributed by atoms with Gasteiger partial charge in [0.2, 0.25) is 5.91 Å². The molecular formula is C14H24N4OS. The Hall–Kier alpha value is -0.980. The monoisotopic (exact) mass is 296 g/mol. The molecule has 1 unspecified atom stereocenters. The van der Waals surface area contributed by atoms with Crippen LogP contribution in [0.3, 0.4) is 0 Å². The van der Waals surface area contributed by atoms with Crippen LogP contribution in [0, 0.1) is 13.8 Å². The zero-order chi connectivity index (χ0) is 14.7. The van der Waals surface area contributed by atoms with Crippen LogP contribution in [0.15, 0.2) is 0 Å². The molecule has 1 saturated heterocycles. The first kappa shape index (κ1) is 15.4. The predicted octanol–water partition coefficient (Wildman–Crippen LogP) is 1.72. The van der Waals surface area contributed by atoms with Gasteiger partial charge >= 0.3 is 0 Å². The summed E-state index contributed by atoms with van der Waals surface area (Å²) in [5, 5.41) is 3.65. The lowest BCUT2D eigenvalue weighted by Gasteiger charge is -2.36. The predicted molar refractivity (Wildman–Crippen MR) is 83.4 cm³/mol. The van der Waals surface area contributed by atoms with E-state index in [1.54, 1.807) is 11.3 Å². The zero-order valence-electron chi connectivity index (χ0n) is 12.8. The molecule has 1 aliphatic rings. The van der Waals surface area contributed by atoms with Crippen LogP contribution in [0.2, 0.25) is 0 Å². The lowest BCUT2D eigenvalue weighted by atomic mass is 10.2. The Balaban J connectivity index is 1.89. The van der Waals surface area contributed by atoms with E-state index in [0.717, 1.165) is 43.3 Å². The lowest BCUT2D eigenvalue weighted by Crippen LogP contribution is -2.52. The number of anilines is 1. The second-order valence-corrected chi connectivity index (χ2v) is 6.50. The van der Waals surface area contributed by atoms with Crippen molar-refractivity contribution in [3.63, 3.8) is 0 Å². The van der Waals surface area contributed by atoms with E-state index in [9.17, 15) is 4.79 Å². The normalized spacial score (nSPS) is 19.0. The zero-order valence-corrected chi connectivity index (χ0v) is 13.6. The van der Waals surface area contributed by atoms with Gasteiger partial charge in [0.15, 0.2) is 5.13 Å². The number of piperazine rings is 1. The van der Waals surface area contributed by atoms with Crippen molar-refractivity contribution in [1.82, 2.24) is 14.8 Å². The number of aromatic nitrogens is 1. The molecule has 5 nitrogen and oxygen atoms in total. The molecule has 0 aliphatic carbocycles. The number of thiazole rings is 1. The highest BCUT2D eigenvalue weighted by atomic mass is 32.1. The molecule has 1 aromatic heterocycles. The topological polar surface area (TPSA) is 48.5 Å². The van der Waals surface area contributed by atoms with Gasteiger partial charge in [-0.15, -0.1) is 11.3 Å². The van der Waals surface area contributed by atoms with Crippen LogP contribution < -0.4 is 5.32 Å². The van der Waals surface area contributed by atoms with Crippen molar-refractivity contribution in [2.45, 2.75) is 33.7 Å². The molecule has 0 saturated carbocycles. The molecule has 0 radical (unpaired) electrons.